The molecule has 1 aliphatic rings. The summed E-state index contributed by atoms with van der Waals surface area (Å²) < 4.78 is 0. The third-order valence-corrected chi connectivity index (χ3v) is 3.13. The van der Waals surface area contributed by atoms with E-state index in [0.717, 1.165) is 12.8 Å². The second-order valence-electron chi connectivity index (χ2n) is 3.92. The van der Waals surface area contributed by atoms with E-state index in [4.69, 9.17) is 5.73 Å². The minimum atomic E-state index is -0.276. The Labute approximate surface area is 102 Å². The number of nitrogens with one attached hydrogen (secondary N) is 2. The normalized spacial score (nSPS) is 14.6. The van der Waals surface area contributed by atoms with Crippen LogP contribution in [-0.2, 0) is 4.79 Å². The number of nitrogens with two attached hydrogens (primary N) is 1. The van der Waals surface area contributed by atoms with Gasteiger partial charge in [-0.25, -0.2) is 4.98 Å². The van der Waals surface area contributed by atoms with E-state index in [-0.39, 0.29) is 17.3 Å². The average Bonchev–Trinajstić information content (AvgIpc) is 3.00. The lowest BCUT2D eigenvalue weighted by molar-refractivity contribution is -0.120. The Morgan fingerprint density at radius 2 is 2.41 bits per heavy atom. The van der Waals surface area contributed by atoms with E-state index in [9.17, 15) is 9.59 Å². The lowest BCUT2D eigenvalue weighted by Crippen LogP contribution is -2.25. The monoisotopic (exact) mass is 254 g/mol. The highest BCUT2D eigenvalue weighted by Crippen LogP contribution is 2.19. The molecule has 7 heteroatoms. The molecule has 1 amide bonds. The molecule has 4 N–H and O–H groups in total. The summed E-state index contributed by atoms with van der Waals surface area (Å²) in [7, 11) is 0. The molecule has 0 saturated heterocycles. The summed E-state index contributed by atoms with van der Waals surface area (Å²) >= 11 is 1.32. The van der Waals surface area contributed by atoms with E-state index in [2.05, 4.69) is 15.3 Å². The average molecular weight is 254 g/mol. The van der Waals surface area contributed by atoms with E-state index >= 15 is 0 Å². The number of amides is 1. The SMILES string of the molecule is Nc1cc(=O)[nH]c(SCCC(=O)NC2CC2)n1. The fourth-order valence-corrected chi connectivity index (χ4v) is 2.11. The maximum Gasteiger partial charge on any atom is 0.253 e. The molecule has 0 aromatic carbocycles. The second kappa shape index (κ2) is 5.22. The van der Waals surface area contributed by atoms with E-state index in [1.165, 1.54) is 17.8 Å². The predicted octanol–water partition coefficient (Wildman–Crippen LogP) is 0.113. The summed E-state index contributed by atoms with van der Waals surface area (Å²) in [5, 5.41) is 3.35. The van der Waals surface area contributed by atoms with E-state index < -0.39 is 0 Å². The van der Waals surface area contributed by atoms with Crippen LogP contribution in [-0.4, -0.2) is 27.7 Å². The van der Waals surface area contributed by atoms with Gasteiger partial charge >= 0.3 is 0 Å². The van der Waals surface area contributed by atoms with Crippen molar-refractivity contribution >= 4 is 23.5 Å². The molecule has 1 aromatic rings. The summed E-state index contributed by atoms with van der Waals surface area (Å²) in [5.41, 5.74) is 5.17. The molecular formula is C10H14N4O2S. The zero-order chi connectivity index (χ0) is 12.3. The Bertz CT molecular complexity index is 470. The number of thioether (sulfide) groups is 1. The number of rotatable bonds is 5. The maximum absolute atomic E-state index is 11.4. The molecular weight excluding hydrogens is 240 g/mol. The van der Waals surface area contributed by atoms with Crippen LogP contribution < -0.4 is 16.6 Å². The number of nitrogen functional groups attached to an aromatic ring is 1. The summed E-state index contributed by atoms with van der Waals surface area (Å²) in [5.74, 6) is 0.815. The Balaban J connectivity index is 1.76. The highest BCUT2D eigenvalue weighted by molar-refractivity contribution is 7.99. The second-order valence-corrected chi connectivity index (χ2v) is 5.00. The van der Waals surface area contributed by atoms with Gasteiger partial charge in [-0.3, -0.25) is 9.59 Å². The quantitative estimate of drug-likeness (QED) is 0.511. The van der Waals surface area contributed by atoms with Crippen molar-refractivity contribution in [1.82, 2.24) is 15.3 Å². The van der Waals surface area contributed by atoms with Gasteiger partial charge in [-0.05, 0) is 12.8 Å². The van der Waals surface area contributed by atoms with Gasteiger partial charge in [0.1, 0.15) is 5.82 Å². The molecule has 1 heterocycles. The molecule has 1 saturated carbocycles. The Morgan fingerprint density at radius 1 is 1.65 bits per heavy atom. The minimum Gasteiger partial charge on any atom is -0.383 e. The third kappa shape index (κ3) is 4.10. The van der Waals surface area contributed by atoms with Crippen LogP contribution in [0.3, 0.4) is 0 Å². The lowest BCUT2D eigenvalue weighted by atomic mass is 10.4. The maximum atomic E-state index is 11.4. The predicted molar refractivity (Wildman–Crippen MR) is 65.8 cm³/mol. The van der Waals surface area contributed by atoms with Crippen LogP contribution in [0.2, 0.25) is 0 Å². The Hall–Kier alpha value is -1.50. The largest absolute Gasteiger partial charge is 0.383 e. The summed E-state index contributed by atoms with van der Waals surface area (Å²) in [4.78, 5) is 29.0. The van der Waals surface area contributed by atoms with Gasteiger partial charge in [0.25, 0.3) is 5.56 Å². The first kappa shape index (κ1) is 12.0. The number of nitrogens with zero attached hydrogens (tertiary/aromatic N) is 1. The molecule has 0 bridgehead atoms. The van der Waals surface area contributed by atoms with Gasteiger partial charge in [-0.1, -0.05) is 11.8 Å². The first-order valence-corrected chi connectivity index (χ1v) is 6.41. The molecule has 1 aromatic heterocycles. The number of carbonyl (C=O) groups is 1. The van der Waals surface area contributed by atoms with E-state index in [0.29, 0.717) is 23.4 Å². The van der Waals surface area contributed by atoms with Gasteiger partial charge < -0.3 is 16.0 Å². The van der Waals surface area contributed by atoms with Crippen molar-refractivity contribution in [2.75, 3.05) is 11.5 Å². The van der Waals surface area contributed by atoms with Crippen molar-refractivity contribution in [3.8, 4) is 0 Å². The Kier molecular flexibility index (Phi) is 3.68. The minimum absolute atomic E-state index is 0.0475. The van der Waals surface area contributed by atoms with Gasteiger partial charge in [0.2, 0.25) is 5.91 Å². The van der Waals surface area contributed by atoms with E-state index in [1.54, 1.807) is 0 Å². The molecule has 1 aliphatic carbocycles. The molecule has 17 heavy (non-hydrogen) atoms. The number of aromatic nitrogens is 2. The fourth-order valence-electron chi connectivity index (χ4n) is 1.29. The van der Waals surface area contributed by atoms with Crippen LogP contribution in [0.4, 0.5) is 5.82 Å². The van der Waals surface area contributed by atoms with Crippen LogP contribution in [0.1, 0.15) is 19.3 Å². The first-order chi connectivity index (χ1) is 8.13. The molecule has 2 rings (SSSR count). The fraction of sp³-hybridized carbons (Fsp3) is 0.500. The summed E-state index contributed by atoms with van der Waals surface area (Å²) in [6.45, 7) is 0. The smallest absolute Gasteiger partial charge is 0.253 e. The van der Waals surface area contributed by atoms with Gasteiger partial charge in [0.15, 0.2) is 5.16 Å². The number of anilines is 1. The van der Waals surface area contributed by atoms with Crippen molar-refractivity contribution in [1.29, 1.82) is 0 Å². The van der Waals surface area contributed by atoms with Crippen LogP contribution in [0, 0.1) is 0 Å². The molecule has 0 radical (unpaired) electrons. The molecule has 0 aliphatic heterocycles. The van der Waals surface area contributed by atoms with Gasteiger partial charge in [0.05, 0.1) is 0 Å². The third-order valence-electron chi connectivity index (χ3n) is 2.25. The molecule has 6 nitrogen and oxygen atoms in total. The zero-order valence-corrected chi connectivity index (χ0v) is 10.0. The zero-order valence-electron chi connectivity index (χ0n) is 9.23. The number of H-pyrrole nitrogens is 1. The molecule has 1 fully saturated rings. The van der Waals surface area contributed by atoms with Crippen molar-refractivity contribution < 1.29 is 4.79 Å². The van der Waals surface area contributed by atoms with Crippen molar-refractivity contribution in [3.05, 3.63) is 16.4 Å². The highest BCUT2D eigenvalue weighted by atomic mass is 32.2. The lowest BCUT2D eigenvalue weighted by Gasteiger charge is -2.03. The van der Waals surface area contributed by atoms with E-state index in [1.807, 2.05) is 0 Å². The summed E-state index contributed by atoms with van der Waals surface area (Å²) in [6, 6.07) is 1.61. The van der Waals surface area contributed by atoms with Crippen LogP contribution in [0.5, 0.6) is 0 Å². The first-order valence-electron chi connectivity index (χ1n) is 5.42. The van der Waals surface area contributed by atoms with Crippen molar-refractivity contribution in [2.24, 2.45) is 0 Å². The number of hydrogen-bond donors (Lipinski definition) is 3. The van der Waals surface area contributed by atoms with Crippen LogP contribution in [0.25, 0.3) is 0 Å². The van der Waals surface area contributed by atoms with Crippen molar-refractivity contribution in [2.45, 2.75) is 30.5 Å². The van der Waals surface area contributed by atoms with Gasteiger partial charge in [-0.2, -0.15) is 0 Å². The van der Waals surface area contributed by atoms with Gasteiger partial charge in [0, 0.05) is 24.3 Å². The molecule has 0 atom stereocenters. The number of aromatic amines is 1. The van der Waals surface area contributed by atoms with Gasteiger partial charge in [-0.15, -0.1) is 0 Å². The topological polar surface area (TPSA) is 101 Å². The molecule has 92 valence electrons. The number of carbonyl (C=O) groups excluding carboxylic acids is 1. The highest BCUT2D eigenvalue weighted by Gasteiger charge is 2.22. The van der Waals surface area contributed by atoms with Crippen LogP contribution in [0.15, 0.2) is 16.0 Å². The van der Waals surface area contributed by atoms with Crippen LogP contribution >= 0.6 is 11.8 Å². The standard InChI is InChI=1S/C10H14N4O2S/c11-7-5-9(16)14-10(13-7)17-4-3-8(15)12-6-1-2-6/h5-6H,1-4H2,(H,12,15)(H3,11,13,14,16). The Morgan fingerprint density at radius 3 is 3.06 bits per heavy atom. The molecule has 0 unspecified atom stereocenters. The van der Waals surface area contributed by atoms with Crippen molar-refractivity contribution in [3.63, 3.8) is 0 Å². The summed E-state index contributed by atoms with van der Waals surface area (Å²) in [6.07, 6.45) is 2.59. The number of hydrogen-bond acceptors (Lipinski definition) is 5. The molecule has 0 spiro atoms.